The molecule has 0 saturated carbocycles. The molecule has 15 aromatic rings. The summed E-state index contributed by atoms with van der Waals surface area (Å²) < 4.78 is 12.1. The number of rotatable bonds is 5. The molecular weight excluding hydrogens is 849 g/mol. The summed E-state index contributed by atoms with van der Waals surface area (Å²) in [7, 11) is 0. The van der Waals surface area contributed by atoms with Crippen LogP contribution in [0.1, 0.15) is 0 Å². The van der Waals surface area contributed by atoms with Gasteiger partial charge in [-0.15, -0.1) is 11.3 Å². The third kappa shape index (κ3) is 5.49. The fraction of sp³-hybridized carbons (Fsp3) is 0. The van der Waals surface area contributed by atoms with E-state index in [2.05, 4.69) is 215 Å². The van der Waals surface area contributed by atoms with Crippen LogP contribution in [0.3, 0.4) is 0 Å². The molecule has 5 aromatic heterocycles. The summed E-state index contributed by atoms with van der Waals surface area (Å²) in [6.07, 6.45) is 0. The van der Waals surface area contributed by atoms with Crippen LogP contribution < -0.4 is 0 Å². The van der Waals surface area contributed by atoms with Crippen molar-refractivity contribution in [1.29, 1.82) is 0 Å². The molecule has 0 amide bonds. The van der Waals surface area contributed by atoms with Gasteiger partial charge in [-0.3, -0.25) is 4.57 Å². The van der Waals surface area contributed by atoms with Crippen molar-refractivity contribution < 1.29 is 4.42 Å². The lowest BCUT2D eigenvalue weighted by Crippen LogP contribution is -2.02. The van der Waals surface area contributed by atoms with Crippen molar-refractivity contribution in [2.45, 2.75) is 0 Å². The smallest absolute Gasteiger partial charge is 0.235 e. The number of benzene rings is 10. The Labute approximate surface area is 393 Å². The summed E-state index contributed by atoms with van der Waals surface area (Å²) in [6, 6.07) is 78.6. The van der Waals surface area contributed by atoms with Gasteiger partial charge in [0.1, 0.15) is 11.2 Å². The monoisotopic (exact) mass is 884 g/mol. The Morgan fingerprint density at radius 1 is 0.368 bits per heavy atom. The zero-order chi connectivity index (χ0) is 44.5. The summed E-state index contributed by atoms with van der Waals surface area (Å²) in [5.41, 5.74) is 13.7. The standard InChI is InChI=1S/C62H36N4OS/c1-3-15-39(16-4-1)57-36-50-61(68-57)60(40-17-5-2-6-18-40)64-62(63-50)66-51-29-26-41(33-49(51)59-45-20-10-8-14-38(45)25-31-53(59)66)42-23-28-47-54(34-42)65(52-30-24-37-13-7-9-19-44(37)58(47)52)43-27-32-56-48(35-43)46-21-11-12-22-55(46)67-56/h1-36H. The third-order valence-corrected chi connectivity index (χ3v) is 15.1. The van der Waals surface area contributed by atoms with Crippen LogP contribution in [-0.2, 0) is 0 Å². The molecule has 0 saturated heterocycles. The molecule has 5 heterocycles. The van der Waals surface area contributed by atoms with E-state index >= 15 is 0 Å². The van der Waals surface area contributed by atoms with Gasteiger partial charge in [-0.2, -0.15) is 0 Å². The number of furan rings is 1. The first-order valence-corrected chi connectivity index (χ1v) is 23.8. The van der Waals surface area contributed by atoms with Crippen LogP contribution in [0.5, 0.6) is 0 Å². The van der Waals surface area contributed by atoms with Gasteiger partial charge in [0.25, 0.3) is 0 Å². The second-order valence-corrected chi connectivity index (χ2v) is 18.8. The van der Waals surface area contributed by atoms with E-state index in [1.54, 1.807) is 11.3 Å². The average Bonchev–Trinajstić information content (AvgIpc) is 4.18. The summed E-state index contributed by atoms with van der Waals surface area (Å²) in [6.45, 7) is 0. The number of fused-ring (bicyclic) bond motifs is 14. The van der Waals surface area contributed by atoms with E-state index in [4.69, 9.17) is 14.4 Å². The number of hydrogen-bond acceptors (Lipinski definition) is 4. The van der Waals surface area contributed by atoms with E-state index in [1.807, 2.05) is 12.1 Å². The van der Waals surface area contributed by atoms with Crippen LogP contribution in [0, 0.1) is 0 Å². The van der Waals surface area contributed by atoms with E-state index < -0.39 is 0 Å². The molecular formula is C62H36N4OS. The van der Waals surface area contributed by atoms with Crippen molar-refractivity contribution >= 4 is 109 Å². The maximum Gasteiger partial charge on any atom is 0.235 e. The Balaban J connectivity index is 0.975. The first-order chi connectivity index (χ1) is 33.7. The minimum atomic E-state index is 0.650. The van der Waals surface area contributed by atoms with Gasteiger partial charge in [-0.1, -0.05) is 158 Å². The molecule has 68 heavy (non-hydrogen) atoms. The maximum atomic E-state index is 6.30. The van der Waals surface area contributed by atoms with Crippen LogP contribution in [-0.4, -0.2) is 19.1 Å². The van der Waals surface area contributed by atoms with Crippen LogP contribution in [0.4, 0.5) is 0 Å². The number of nitrogens with zero attached hydrogens (tertiary/aromatic N) is 4. The van der Waals surface area contributed by atoms with Crippen LogP contribution in [0.15, 0.2) is 223 Å². The summed E-state index contributed by atoms with van der Waals surface area (Å²) in [5, 5.41) is 11.9. The highest BCUT2D eigenvalue weighted by Crippen LogP contribution is 2.44. The topological polar surface area (TPSA) is 48.8 Å². The minimum Gasteiger partial charge on any atom is -0.456 e. The maximum absolute atomic E-state index is 6.30. The molecule has 15 rings (SSSR count). The molecule has 0 aliphatic carbocycles. The van der Waals surface area contributed by atoms with Crippen LogP contribution in [0.25, 0.3) is 142 Å². The predicted octanol–water partition coefficient (Wildman–Crippen LogP) is 17.1. The zero-order valence-electron chi connectivity index (χ0n) is 36.4. The molecule has 0 unspecified atom stereocenters. The molecule has 0 atom stereocenters. The van der Waals surface area contributed by atoms with Crippen molar-refractivity contribution in [2.24, 2.45) is 0 Å². The largest absolute Gasteiger partial charge is 0.456 e. The summed E-state index contributed by atoms with van der Waals surface area (Å²) >= 11 is 1.75. The fourth-order valence-corrected chi connectivity index (χ4v) is 12.0. The Kier molecular flexibility index (Phi) is 7.88. The summed E-state index contributed by atoms with van der Waals surface area (Å²) in [4.78, 5) is 12.1. The third-order valence-electron chi connectivity index (χ3n) is 13.9. The van der Waals surface area contributed by atoms with Crippen molar-refractivity contribution in [3.8, 4) is 44.5 Å². The van der Waals surface area contributed by atoms with Crippen molar-refractivity contribution in [2.75, 3.05) is 0 Å². The van der Waals surface area contributed by atoms with E-state index in [1.165, 1.54) is 53.7 Å². The Bertz CT molecular complexity index is 4560. The highest BCUT2D eigenvalue weighted by molar-refractivity contribution is 7.22. The molecule has 10 aromatic carbocycles. The molecule has 0 N–H and O–H groups in total. The fourth-order valence-electron chi connectivity index (χ4n) is 10.8. The van der Waals surface area contributed by atoms with Gasteiger partial charge in [-0.05, 0) is 98.9 Å². The number of thiophene rings is 1. The molecule has 0 radical (unpaired) electrons. The Hall–Kier alpha value is -8.84. The molecule has 0 fully saturated rings. The number of para-hydroxylation sites is 1. The predicted molar refractivity (Wildman–Crippen MR) is 285 cm³/mol. The second kappa shape index (κ2) is 14.3. The van der Waals surface area contributed by atoms with E-state index in [0.717, 1.165) is 82.2 Å². The van der Waals surface area contributed by atoms with Crippen molar-refractivity contribution in [3.05, 3.63) is 218 Å². The molecule has 316 valence electrons. The average molecular weight is 885 g/mol. The molecule has 0 spiro atoms. The molecule has 5 nitrogen and oxygen atoms in total. The number of hydrogen-bond donors (Lipinski definition) is 0. The van der Waals surface area contributed by atoms with E-state index in [0.29, 0.717) is 5.95 Å². The molecule has 6 heteroatoms. The normalized spacial score (nSPS) is 12.1. The quantitative estimate of drug-likeness (QED) is 0.173. The number of aromatic nitrogens is 4. The Morgan fingerprint density at radius 2 is 0.985 bits per heavy atom. The van der Waals surface area contributed by atoms with E-state index in [9.17, 15) is 0 Å². The highest BCUT2D eigenvalue weighted by atomic mass is 32.1. The van der Waals surface area contributed by atoms with Crippen molar-refractivity contribution in [1.82, 2.24) is 19.1 Å². The molecule has 0 bridgehead atoms. The zero-order valence-corrected chi connectivity index (χ0v) is 37.2. The van der Waals surface area contributed by atoms with Gasteiger partial charge in [0, 0.05) is 48.4 Å². The SMILES string of the molecule is c1ccc(-c2cc3nc(-n4c5ccc(-c6ccc7c8c9ccccc9ccc8n(-c8ccc9oc%10ccccc%10c9c8)c7c6)cc5c5c6ccccc6ccc54)nc(-c4ccccc4)c3s2)cc1. The Morgan fingerprint density at radius 3 is 1.76 bits per heavy atom. The van der Waals surface area contributed by atoms with Crippen molar-refractivity contribution in [3.63, 3.8) is 0 Å². The lowest BCUT2D eigenvalue weighted by Gasteiger charge is -2.11. The van der Waals surface area contributed by atoms with E-state index in [-0.39, 0.29) is 0 Å². The highest BCUT2D eigenvalue weighted by Gasteiger charge is 2.22. The lowest BCUT2D eigenvalue weighted by atomic mass is 9.98. The van der Waals surface area contributed by atoms with Gasteiger partial charge >= 0.3 is 0 Å². The first kappa shape index (κ1) is 37.4. The van der Waals surface area contributed by atoms with Gasteiger partial charge in [-0.25, -0.2) is 9.97 Å². The minimum absolute atomic E-state index is 0.650. The van der Waals surface area contributed by atoms with Gasteiger partial charge in [0.2, 0.25) is 5.95 Å². The first-order valence-electron chi connectivity index (χ1n) is 23.0. The van der Waals surface area contributed by atoms with Crippen LogP contribution in [0.2, 0.25) is 0 Å². The second-order valence-electron chi connectivity index (χ2n) is 17.7. The molecule has 0 aliphatic heterocycles. The van der Waals surface area contributed by atoms with Gasteiger partial charge < -0.3 is 8.98 Å². The van der Waals surface area contributed by atoms with Gasteiger partial charge in [0.15, 0.2) is 0 Å². The summed E-state index contributed by atoms with van der Waals surface area (Å²) in [5.74, 6) is 0.650. The van der Waals surface area contributed by atoms with Gasteiger partial charge in [0.05, 0.1) is 38.0 Å². The van der Waals surface area contributed by atoms with Crippen LogP contribution >= 0.6 is 11.3 Å². The molecule has 0 aliphatic rings. The lowest BCUT2D eigenvalue weighted by molar-refractivity contribution is 0.669.